The Morgan fingerprint density at radius 1 is 1.10 bits per heavy atom. The van der Waals surface area contributed by atoms with Gasteiger partial charge in [0.2, 0.25) is 0 Å². The monoisotopic (exact) mass is 551 g/mol. The number of fused-ring (bicyclic) bond motifs is 2. The summed E-state index contributed by atoms with van der Waals surface area (Å²) in [5.74, 6) is 1.51. The molecular weight excluding hydrogens is 517 g/mol. The smallest absolute Gasteiger partial charge is 0.335 e. The van der Waals surface area contributed by atoms with Crippen LogP contribution in [0.1, 0.15) is 103 Å². The Morgan fingerprint density at radius 3 is 2.51 bits per heavy atom. The number of carboxylic acids is 1. The molecule has 5 aliphatic rings. The van der Waals surface area contributed by atoms with Crippen LogP contribution in [0.15, 0.2) is 16.7 Å². The Hall–Kier alpha value is -2.52. The number of hydrogen-bond acceptors (Lipinski definition) is 7. The Labute approximate surface area is 230 Å². The molecule has 0 bridgehead atoms. The van der Waals surface area contributed by atoms with Crippen molar-refractivity contribution >= 4 is 32.7 Å². The van der Waals surface area contributed by atoms with Crippen molar-refractivity contribution in [3.05, 3.63) is 40.5 Å². The molecule has 0 radical (unpaired) electrons. The molecular formula is C30H34FN3O4S. The molecule has 1 saturated heterocycles. The van der Waals surface area contributed by atoms with Crippen LogP contribution in [-0.2, 0) is 11.3 Å². The third-order valence-corrected chi connectivity index (χ3v) is 11.4. The van der Waals surface area contributed by atoms with Crippen molar-refractivity contribution in [3.8, 4) is 0 Å². The highest BCUT2D eigenvalue weighted by molar-refractivity contribution is 7.22. The molecule has 4 aliphatic carbocycles. The predicted octanol–water partition coefficient (Wildman–Crippen LogP) is 6.87. The van der Waals surface area contributed by atoms with E-state index in [9.17, 15) is 14.3 Å². The molecule has 8 rings (SSSR count). The van der Waals surface area contributed by atoms with Gasteiger partial charge in [-0.05, 0) is 93.6 Å². The molecule has 39 heavy (non-hydrogen) atoms. The quantitative estimate of drug-likeness (QED) is 0.343. The van der Waals surface area contributed by atoms with Crippen molar-refractivity contribution < 1.29 is 23.6 Å². The first-order valence-corrected chi connectivity index (χ1v) is 15.4. The van der Waals surface area contributed by atoms with Crippen LogP contribution < -0.4 is 4.90 Å². The number of hydrogen-bond donors (Lipinski definition) is 1. The number of nitrogens with zero attached hydrogens (tertiary/aromatic N) is 3. The fourth-order valence-electron chi connectivity index (χ4n) is 7.62. The van der Waals surface area contributed by atoms with Crippen molar-refractivity contribution in [2.24, 2.45) is 17.3 Å². The standard InChI is InChI=1S/C30H34FN3O4S/c31-23-11-18(28(35)36)12-24-26(23)32-29(39-24)34-13-19-9-21(10-20(19)14-34)37-15-22-25(33-38-27(22)17-1-2-17)16-3-5-30(6-4-16)7-8-30/h11-12,16-17,19-21H,1-10,13-15H2,(H,35,36)/t19-,20+,21?. The largest absolute Gasteiger partial charge is 0.478 e. The summed E-state index contributed by atoms with van der Waals surface area (Å²) >= 11 is 1.38. The van der Waals surface area contributed by atoms with Crippen LogP contribution in [0.25, 0.3) is 10.2 Å². The van der Waals surface area contributed by atoms with Crippen LogP contribution in [0.2, 0.25) is 0 Å². The molecule has 5 fully saturated rings. The van der Waals surface area contributed by atoms with E-state index in [1.807, 2.05) is 0 Å². The highest BCUT2D eigenvalue weighted by atomic mass is 32.1. The van der Waals surface area contributed by atoms with Crippen LogP contribution in [-0.4, -0.2) is 40.4 Å². The van der Waals surface area contributed by atoms with Gasteiger partial charge < -0.3 is 19.3 Å². The zero-order valence-corrected chi connectivity index (χ0v) is 22.9. The van der Waals surface area contributed by atoms with Gasteiger partial charge in [0.15, 0.2) is 10.9 Å². The number of benzene rings is 1. The lowest BCUT2D eigenvalue weighted by Gasteiger charge is -2.27. The van der Waals surface area contributed by atoms with Crippen molar-refractivity contribution in [1.82, 2.24) is 10.1 Å². The number of thiazole rings is 1. The minimum Gasteiger partial charge on any atom is -0.478 e. The number of aromatic carboxylic acids is 1. The maximum Gasteiger partial charge on any atom is 0.335 e. The van der Waals surface area contributed by atoms with Crippen molar-refractivity contribution in [3.63, 3.8) is 0 Å². The molecule has 4 saturated carbocycles. The highest BCUT2D eigenvalue weighted by Crippen LogP contribution is 2.59. The number of carbonyl (C=O) groups is 1. The normalized spacial score (nSPS) is 28.0. The molecule has 2 aromatic heterocycles. The molecule has 3 atom stereocenters. The van der Waals surface area contributed by atoms with Crippen LogP contribution in [0, 0.1) is 23.1 Å². The third kappa shape index (κ3) is 4.36. The van der Waals surface area contributed by atoms with Gasteiger partial charge in [-0.2, -0.15) is 0 Å². The summed E-state index contributed by atoms with van der Waals surface area (Å²) in [6.45, 7) is 2.38. The van der Waals surface area contributed by atoms with Crippen molar-refractivity contribution in [2.45, 2.75) is 88.8 Å². The number of ether oxygens (including phenoxy) is 1. The van der Waals surface area contributed by atoms with E-state index in [1.54, 1.807) is 0 Å². The number of rotatable bonds is 7. The molecule has 3 heterocycles. The maximum absolute atomic E-state index is 14.5. The van der Waals surface area contributed by atoms with Gasteiger partial charge in [0, 0.05) is 30.5 Å². The van der Waals surface area contributed by atoms with Gasteiger partial charge >= 0.3 is 5.97 Å². The minimum atomic E-state index is -1.12. The number of halogens is 1. The third-order valence-electron chi connectivity index (χ3n) is 10.3. The summed E-state index contributed by atoms with van der Waals surface area (Å²) in [6, 6.07) is 2.58. The van der Waals surface area contributed by atoms with Crippen LogP contribution in [0.3, 0.4) is 0 Å². The minimum absolute atomic E-state index is 0.0374. The fraction of sp³-hybridized carbons (Fsp3) is 0.633. The highest BCUT2D eigenvalue weighted by Gasteiger charge is 2.46. The molecule has 1 unspecified atom stereocenters. The first kappa shape index (κ1) is 24.3. The van der Waals surface area contributed by atoms with Gasteiger partial charge in [-0.25, -0.2) is 14.2 Å². The molecule has 3 aromatic rings. The lowest BCUT2D eigenvalue weighted by Crippen LogP contribution is -2.23. The topological polar surface area (TPSA) is 88.7 Å². The summed E-state index contributed by atoms with van der Waals surface area (Å²) in [5.41, 5.74) is 3.34. The second-order valence-corrected chi connectivity index (χ2v) is 13.9. The van der Waals surface area contributed by atoms with E-state index >= 15 is 0 Å². The zero-order chi connectivity index (χ0) is 26.3. The van der Waals surface area contributed by atoms with Crippen molar-refractivity contribution in [1.29, 1.82) is 0 Å². The Balaban J connectivity index is 0.920. The average Bonchev–Trinajstić information content (AvgIpc) is 3.67. The maximum atomic E-state index is 14.5. The SMILES string of the molecule is O=C(O)c1cc(F)c2nc(N3C[C@H]4CC(OCc5c(C6CCC7(CC6)CC7)noc5C5CC5)C[C@H]4C3)sc2c1. The van der Waals surface area contributed by atoms with E-state index in [2.05, 4.69) is 15.0 Å². The molecule has 9 heteroatoms. The Kier molecular flexibility index (Phi) is 5.60. The van der Waals surface area contributed by atoms with E-state index in [0.29, 0.717) is 40.4 Å². The molecule has 1 spiro atoms. The van der Waals surface area contributed by atoms with E-state index in [1.165, 1.54) is 80.0 Å². The van der Waals surface area contributed by atoms with Crippen LogP contribution >= 0.6 is 11.3 Å². The first-order valence-electron chi connectivity index (χ1n) is 14.6. The summed E-state index contributed by atoms with van der Waals surface area (Å²) in [4.78, 5) is 18.1. The molecule has 1 N–H and O–H groups in total. The second-order valence-electron chi connectivity index (χ2n) is 12.9. The average molecular weight is 552 g/mol. The van der Waals surface area contributed by atoms with Gasteiger partial charge in [-0.1, -0.05) is 16.5 Å². The summed E-state index contributed by atoms with van der Waals surface area (Å²) in [5, 5.41) is 14.7. The molecule has 1 aliphatic heterocycles. The van der Waals surface area contributed by atoms with Gasteiger partial charge in [0.1, 0.15) is 11.3 Å². The second kappa shape index (κ2) is 8.99. The lowest BCUT2D eigenvalue weighted by molar-refractivity contribution is 0.0395. The number of anilines is 1. The van der Waals surface area contributed by atoms with E-state index in [-0.39, 0.29) is 17.2 Å². The Morgan fingerprint density at radius 2 is 1.85 bits per heavy atom. The molecule has 1 aromatic carbocycles. The molecule has 206 valence electrons. The van der Waals surface area contributed by atoms with E-state index in [4.69, 9.17) is 9.26 Å². The van der Waals surface area contributed by atoms with Gasteiger partial charge in [0.05, 0.1) is 28.7 Å². The van der Waals surface area contributed by atoms with Crippen LogP contribution in [0.5, 0.6) is 0 Å². The van der Waals surface area contributed by atoms with Crippen LogP contribution in [0.4, 0.5) is 9.52 Å². The summed E-state index contributed by atoms with van der Waals surface area (Å²) < 4.78 is 27.6. The molecule has 0 amide bonds. The molecule has 7 nitrogen and oxygen atoms in total. The number of carboxylic acid groups (broad SMARTS) is 1. The van der Waals surface area contributed by atoms with E-state index < -0.39 is 11.8 Å². The predicted molar refractivity (Wildman–Crippen MR) is 145 cm³/mol. The van der Waals surface area contributed by atoms with Gasteiger partial charge in [-0.15, -0.1) is 0 Å². The first-order chi connectivity index (χ1) is 18.9. The summed E-state index contributed by atoms with van der Waals surface area (Å²) in [6.07, 6.45) is 12.7. The van der Waals surface area contributed by atoms with E-state index in [0.717, 1.165) is 42.9 Å². The lowest BCUT2D eigenvalue weighted by atomic mass is 9.77. The van der Waals surface area contributed by atoms with Crippen molar-refractivity contribution in [2.75, 3.05) is 18.0 Å². The van der Waals surface area contributed by atoms with Gasteiger partial charge in [0.25, 0.3) is 0 Å². The van der Waals surface area contributed by atoms with Gasteiger partial charge in [-0.3, -0.25) is 0 Å². The Bertz CT molecular complexity index is 1420. The number of aromatic nitrogens is 2. The summed E-state index contributed by atoms with van der Waals surface area (Å²) in [7, 11) is 0. The fourth-order valence-corrected chi connectivity index (χ4v) is 8.66. The zero-order valence-electron chi connectivity index (χ0n) is 22.0.